The molecule has 0 radical (unpaired) electrons. The number of nitrogens with two attached hydrogens (primary N) is 1. The Labute approximate surface area is 67.7 Å². The van der Waals surface area contributed by atoms with Crippen molar-refractivity contribution >= 4 is 5.91 Å². The second kappa shape index (κ2) is 4.13. The minimum absolute atomic E-state index is 0.331. The van der Waals surface area contributed by atoms with E-state index in [0.29, 0.717) is 6.54 Å². The molecule has 0 spiro atoms. The maximum Gasteiger partial charge on any atom is 0.237 e. The van der Waals surface area contributed by atoms with Gasteiger partial charge in [-0.15, -0.1) is 0 Å². The summed E-state index contributed by atoms with van der Waals surface area (Å²) in [5.41, 5.74) is 4.52. The lowest BCUT2D eigenvalue weighted by atomic mass is 10.1. The van der Waals surface area contributed by atoms with E-state index in [4.69, 9.17) is 5.73 Å². The van der Waals surface area contributed by atoms with Crippen molar-refractivity contribution in [3.63, 3.8) is 0 Å². The van der Waals surface area contributed by atoms with Crippen molar-refractivity contribution < 1.29 is 4.79 Å². The molecule has 0 heterocycles. The largest absolute Gasteiger partial charge is 0.368 e. The minimum Gasteiger partial charge on any atom is -0.368 e. The van der Waals surface area contributed by atoms with Gasteiger partial charge in [0.1, 0.15) is 0 Å². The van der Waals surface area contributed by atoms with E-state index in [2.05, 4.69) is 5.32 Å². The summed E-state index contributed by atoms with van der Waals surface area (Å²) in [7, 11) is 0. The van der Waals surface area contributed by atoms with Crippen molar-refractivity contribution in [1.29, 1.82) is 0 Å². The molecule has 3 nitrogen and oxygen atoms in total. The van der Waals surface area contributed by atoms with Crippen molar-refractivity contribution in [1.82, 2.24) is 5.32 Å². The van der Waals surface area contributed by atoms with E-state index < -0.39 is 5.54 Å². The Hall–Kier alpha value is -0.830. The van der Waals surface area contributed by atoms with E-state index in [0.717, 1.165) is 0 Å². The molecule has 1 amide bonds. The van der Waals surface area contributed by atoms with E-state index in [9.17, 15) is 4.79 Å². The van der Waals surface area contributed by atoms with Crippen LogP contribution in [0.5, 0.6) is 0 Å². The average molecular weight is 156 g/mol. The number of allylic oxidation sites excluding steroid dienone is 1. The van der Waals surface area contributed by atoms with E-state index in [1.54, 1.807) is 13.8 Å². The van der Waals surface area contributed by atoms with Crippen LogP contribution in [-0.4, -0.2) is 18.0 Å². The number of primary amides is 1. The van der Waals surface area contributed by atoms with Gasteiger partial charge in [0.25, 0.3) is 0 Å². The number of hydrogen-bond acceptors (Lipinski definition) is 2. The molecule has 0 atom stereocenters. The third kappa shape index (κ3) is 3.78. The molecule has 0 unspecified atom stereocenters. The molecule has 11 heavy (non-hydrogen) atoms. The summed E-state index contributed by atoms with van der Waals surface area (Å²) in [5, 5.41) is 3.00. The highest BCUT2D eigenvalue weighted by atomic mass is 16.1. The van der Waals surface area contributed by atoms with Gasteiger partial charge in [0, 0.05) is 6.54 Å². The van der Waals surface area contributed by atoms with E-state index in [1.165, 1.54) is 0 Å². The van der Waals surface area contributed by atoms with Crippen LogP contribution < -0.4 is 11.1 Å². The summed E-state index contributed by atoms with van der Waals surface area (Å²) in [4.78, 5) is 10.8. The molecule has 0 aliphatic rings. The Morgan fingerprint density at radius 1 is 1.64 bits per heavy atom. The fourth-order valence-corrected chi connectivity index (χ4v) is 0.519. The molecular weight excluding hydrogens is 140 g/mol. The fourth-order valence-electron chi connectivity index (χ4n) is 0.519. The summed E-state index contributed by atoms with van der Waals surface area (Å²) >= 11 is 0. The van der Waals surface area contributed by atoms with Gasteiger partial charge in [0.2, 0.25) is 5.91 Å². The first-order chi connectivity index (χ1) is 5.00. The van der Waals surface area contributed by atoms with Gasteiger partial charge in [-0.05, 0) is 20.8 Å². The second-order valence-electron chi connectivity index (χ2n) is 2.94. The summed E-state index contributed by atoms with van der Waals surface area (Å²) < 4.78 is 0. The molecule has 0 aliphatic heterocycles. The molecule has 0 saturated carbocycles. The zero-order chi connectivity index (χ0) is 8.91. The Morgan fingerprint density at radius 2 is 2.18 bits per heavy atom. The fraction of sp³-hybridized carbons (Fsp3) is 0.625. The van der Waals surface area contributed by atoms with E-state index >= 15 is 0 Å². The van der Waals surface area contributed by atoms with Gasteiger partial charge in [-0.3, -0.25) is 4.79 Å². The predicted octanol–water partition coefficient (Wildman–Crippen LogP) is 0.416. The van der Waals surface area contributed by atoms with Crippen LogP contribution in [0, 0.1) is 0 Å². The van der Waals surface area contributed by atoms with Crippen molar-refractivity contribution in [3.8, 4) is 0 Å². The predicted molar refractivity (Wildman–Crippen MR) is 46.1 cm³/mol. The van der Waals surface area contributed by atoms with Crippen molar-refractivity contribution in [3.05, 3.63) is 12.2 Å². The SMILES string of the molecule is C/C=C/CNC(C)(C)C(N)=O. The summed E-state index contributed by atoms with van der Waals surface area (Å²) in [6.45, 7) is 6.13. The Morgan fingerprint density at radius 3 is 2.55 bits per heavy atom. The second-order valence-corrected chi connectivity index (χ2v) is 2.94. The topological polar surface area (TPSA) is 55.1 Å². The van der Waals surface area contributed by atoms with Crippen LogP contribution in [0.2, 0.25) is 0 Å². The molecule has 0 fully saturated rings. The molecule has 64 valence electrons. The third-order valence-corrected chi connectivity index (χ3v) is 1.51. The van der Waals surface area contributed by atoms with Gasteiger partial charge in [-0.2, -0.15) is 0 Å². The van der Waals surface area contributed by atoms with Gasteiger partial charge in [-0.25, -0.2) is 0 Å². The van der Waals surface area contributed by atoms with Crippen LogP contribution in [-0.2, 0) is 4.79 Å². The molecular formula is C8H16N2O. The maximum absolute atomic E-state index is 10.8. The van der Waals surface area contributed by atoms with Crippen molar-refractivity contribution in [2.45, 2.75) is 26.3 Å². The normalized spacial score (nSPS) is 12.3. The lowest BCUT2D eigenvalue weighted by molar-refractivity contribution is -0.123. The smallest absolute Gasteiger partial charge is 0.237 e. The molecule has 3 N–H and O–H groups in total. The molecule has 0 aliphatic carbocycles. The van der Waals surface area contributed by atoms with E-state index in [1.807, 2.05) is 19.1 Å². The lowest BCUT2D eigenvalue weighted by Crippen LogP contribution is -2.50. The highest BCUT2D eigenvalue weighted by Gasteiger charge is 2.22. The first kappa shape index (κ1) is 10.2. The molecule has 0 saturated heterocycles. The molecule has 0 rings (SSSR count). The Balaban J connectivity index is 3.82. The number of carbonyl (C=O) groups excluding carboxylic acids is 1. The van der Waals surface area contributed by atoms with Crippen LogP contribution in [0.3, 0.4) is 0 Å². The molecule has 0 aromatic rings. The van der Waals surface area contributed by atoms with Crippen LogP contribution in [0.15, 0.2) is 12.2 Å². The van der Waals surface area contributed by atoms with Crippen LogP contribution >= 0.6 is 0 Å². The Bertz CT molecular complexity index is 161. The van der Waals surface area contributed by atoms with Crippen LogP contribution in [0.4, 0.5) is 0 Å². The standard InChI is InChI=1S/C8H16N2O/c1-4-5-6-10-8(2,3)7(9)11/h4-5,10H,6H2,1-3H3,(H2,9,11)/b5-4+. The lowest BCUT2D eigenvalue weighted by Gasteiger charge is -2.20. The molecule has 3 heteroatoms. The van der Waals surface area contributed by atoms with Crippen LogP contribution in [0.1, 0.15) is 20.8 Å². The minimum atomic E-state index is -0.612. The number of rotatable bonds is 4. The summed E-state index contributed by atoms with van der Waals surface area (Å²) in [6, 6.07) is 0. The highest BCUT2D eigenvalue weighted by molar-refractivity contribution is 5.83. The summed E-state index contributed by atoms with van der Waals surface area (Å²) in [6.07, 6.45) is 3.86. The van der Waals surface area contributed by atoms with Crippen molar-refractivity contribution in [2.75, 3.05) is 6.54 Å². The number of hydrogen-bond donors (Lipinski definition) is 2. The van der Waals surface area contributed by atoms with E-state index in [-0.39, 0.29) is 5.91 Å². The number of nitrogens with one attached hydrogen (secondary N) is 1. The zero-order valence-electron chi connectivity index (χ0n) is 7.35. The molecule has 0 bridgehead atoms. The summed E-state index contributed by atoms with van der Waals surface area (Å²) in [5.74, 6) is -0.331. The van der Waals surface area contributed by atoms with Gasteiger partial charge in [0.15, 0.2) is 0 Å². The van der Waals surface area contributed by atoms with Gasteiger partial charge >= 0.3 is 0 Å². The molecule has 0 aromatic heterocycles. The van der Waals surface area contributed by atoms with Gasteiger partial charge in [0.05, 0.1) is 5.54 Å². The zero-order valence-corrected chi connectivity index (χ0v) is 7.35. The average Bonchev–Trinajstić information content (AvgIpc) is 1.88. The van der Waals surface area contributed by atoms with Crippen LogP contribution in [0.25, 0.3) is 0 Å². The van der Waals surface area contributed by atoms with Gasteiger partial charge < -0.3 is 11.1 Å². The van der Waals surface area contributed by atoms with Crippen molar-refractivity contribution in [2.24, 2.45) is 5.73 Å². The number of amides is 1. The first-order valence-corrected chi connectivity index (χ1v) is 3.67. The monoisotopic (exact) mass is 156 g/mol. The quantitative estimate of drug-likeness (QED) is 0.579. The maximum atomic E-state index is 10.8. The highest BCUT2D eigenvalue weighted by Crippen LogP contribution is 1.98. The first-order valence-electron chi connectivity index (χ1n) is 3.67. The Kier molecular flexibility index (Phi) is 3.82. The van der Waals surface area contributed by atoms with Gasteiger partial charge in [-0.1, -0.05) is 12.2 Å². The molecule has 0 aromatic carbocycles. The number of carbonyl (C=O) groups is 1. The third-order valence-electron chi connectivity index (χ3n) is 1.51.